The highest BCUT2D eigenvalue weighted by atomic mass is 32.2. The molecule has 156 valence electrons. The van der Waals surface area contributed by atoms with Crippen molar-refractivity contribution in [3.8, 4) is 0 Å². The van der Waals surface area contributed by atoms with E-state index in [1.807, 2.05) is 0 Å². The van der Waals surface area contributed by atoms with Crippen LogP contribution in [0.4, 0.5) is 57.1 Å². The van der Waals surface area contributed by atoms with Crippen molar-refractivity contribution in [2.45, 2.75) is 42.7 Å². The summed E-state index contributed by atoms with van der Waals surface area (Å²) in [5.41, 5.74) is 0. The topological polar surface area (TPSA) is 34.1 Å². The Bertz CT molecular complexity index is 644. The lowest BCUT2D eigenvalue weighted by molar-refractivity contribution is -0.436. The van der Waals surface area contributed by atoms with E-state index in [0.29, 0.717) is 0 Å². The first-order valence-electron chi connectivity index (χ1n) is 5.89. The second-order valence-corrected chi connectivity index (χ2v) is 6.85. The molecule has 0 saturated heterocycles. The van der Waals surface area contributed by atoms with E-state index in [2.05, 4.69) is 0 Å². The summed E-state index contributed by atoms with van der Waals surface area (Å²) in [5, 5.41) is -0.795. The lowest BCUT2D eigenvalue weighted by Crippen LogP contribution is -2.69. The van der Waals surface area contributed by atoms with Crippen LogP contribution in [0, 0.1) is 0 Å². The quantitative estimate of drug-likeness (QED) is 0.542. The molecule has 0 spiro atoms. The van der Waals surface area contributed by atoms with Crippen molar-refractivity contribution in [1.29, 1.82) is 0 Å². The SMILES string of the molecule is CCS(=O)(=O)C=CC(F)(F)C(F)(F)C(F)(F)C(F)(F)C(F)(F)C(F)(F)F. The number of rotatable bonds is 7. The molecule has 0 amide bonds. The molecular formula is C10H7F13O2S. The molecular weight excluding hydrogens is 431 g/mol. The predicted octanol–water partition coefficient (Wildman–Crippen LogP) is 4.67. The van der Waals surface area contributed by atoms with Crippen molar-refractivity contribution < 1.29 is 65.5 Å². The molecule has 0 radical (unpaired) electrons. The zero-order chi connectivity index (χ0) is 21.6. The molecule has 0 aromatic rings. The van der Waals surface area contributed by atoms with Gasteiger partial charge in [0.1, 0.15) is 0 Å². The fourth-order valence-corrected chi connectivity index (χ4v) is 1.74. The Morgan fingerprint density at radius 3 is 1.31 bits per heavy atom. The summed E-state index contributed by atoms with van der Waals surface area (Å²) >= 11 is 0. The maximum absolute atomic E-state index is 13.1. The number of sulfone groups is 1. The summed E-state index contributed by atoms with van der Waals surface area (Å²) in [4.78, 5) is 0. The van der Waals surface area contributed by atoms with Gasteiger partial charge < -0.3 is 0 Å². The zero-order valence-electron chi connectivity index (χ0n) is 12.0. The number of allylic oxidation sites excluding steroid dienone is 1. The molecule has 2 nitrogen and oxygen atoms in total. The van der Waals surface area contributed by atoms with E-state index in [0.717, 1.165) is 6.92 Å². The number of halogens is 13. The van der Waals surface area contributed by atoms with Crippen LogP contribution in [-0.4, -0.2) is 50.0 Å². The third-order valence-electron chi connectivity index (χ3n) is 2.84. The highest BCUT2D eigenvalue weighted by Crippen LogP contribution is 2.60. The first-order valence-corrected chi connectivity index (χ1v) is 7.61. The fraction of sp³-hybridized carbons (Fsp3) is 0.800. The van der Waals surface area contributed by atoms with Crippen LogP contribution in [0.5, 0.6) is 0 Å². The third kappa shape index (κ3) is 3.74. The van der Waals surface area contributed by atoms with Gasteiger partial charge in [0.15, 0.2) is 9.84 Å². The molecule has 26 heavy (non-hydrogen) atoms. The van der Waals surface area contributed by atoms with Crippen molar-refractivity contribution in [2.75, 3.05) is 5.75 Å². The molecule has 0 saturated carbocycles. The summed E-state index contributed by atoms with van der Waals surface area (Å²) in [5.74, 6) is -38.9. The maximum Gasteiger partial charge on any atom is 0.460 e. The van der Waals surface area contributed by atoms with Crippen LogP contribution >= 0.6 is 0 Å². The van der Waals surface area contributed by atoms with E-state index < -0.39 is 62.9 Å². The Kier molecular flexibility index (Phi) is 6.14. The standard InChI is InChI=1S/C10H7F13O2S/c1-2-26(24,25)4-3-5(11,12)6(13,14)7(15,16)8(17,18)9(19,20)10(21,22)23/h3-4H,2H2,1H3. The first kappa shape index (κ1) is 24.8. The molecule has 0 heterocycles. The smallest absolute Gasteiger partial charge is 0.224 e. The molecule has 0 aliphatic rings. The van der Waals surface area contributed by atoms with Gasteiger partial charge in [0, 0.05) is 11.5 Å². The largest absolute Gasteiger partial charge is 0.460 e. The van der Waals surface area contributed by atoms with Crippen molar-refractivity contribution in [3.05, 3.63) is 11.5 Å². The lowest BCUT2D eigenvalue weighted by atomic mass is 9.94. The minimum atomic E-state index is -8.01. The monoisotopic (exact) mass is 438 g/mol. The van der Waals surface area contributed by atoms with Crippen LogP contribution in [0.1, 0.15) is 6.92 Å². The van der Waals surface area contributed by atoms with Crippen LogP contribution in [0.2, 0.25) is 0 Å². The molecule has 0 aliphatic heterocycles. The fourth-order valence-electron chi connectivity index (χ4n) is 1.17. The summed E-state index contributed by atoms with van der Waals surface area (Å²) in [6, 6.07) is 0. The van der Waals surface area contributed by atoms with Gasteiger partial charge >= 0.3 is 35.8 Å². The Balaban J connectivity index is 6.33. The highest BCUT2D eigenvalue weighted by Gasteiger charge is 2.90. The van der Waals surface area contributed by atoms with Crippen molar-refractivity contribution in [3.63, 3.8) is 0 Å². The summed E-state index contributed by atoms with van der Waals surface area (Å²) in [6.07, 6.45) is -9.01. The van der Waals surface area contributed by atoms with Crippen molar-refractivity contribution in [1.82, 2.24) is 0 Å². The van der Waals surface area contributed by atoms with E-state index in [1.54, 1.807) is 0 Å². The van der Waals surface area contributed by atoms with Gasteiger partial charge in [-0.15, -0.1) is 0 Å². The summed E-state index contributed by atoms with van der Waals surface area (Å²) < 4.78 is 187. The van der Waals surface area contributed by atoms with Gasteiger partial charge in [0.05, 0.1) is 5.75 Å². The molecule has 0 bridgehead atoms. The molecule has 0 fully saturated rings. The highest BCUT2D eigenvalue weighted by molar-refractivity contribution is 7.94. The van der Waals surface area contributed by atoms with Gasteiger partial charge in [0.25, 0.3) is 0 Å². The average molecular weight is 438 g/mol. The molecule has 0 aliphatic carbocycles. The molecule has 0 unspecified atom stereocenters. The lowest BCUT2D eigenvalue weighted by Gasteiger charge is -2.39. The van der Waals surface area contributed by atoms with Gasteiger partial charge in [-0.25, -0.2) is 8.42 Å². The average Bonchev–Trinajstić information content (AvgIpc) is 2.43. The van der Waals surface area contributed by atoms with Crippen molar-refractivity contribution >= 4 is 9.84 Å². The first-order chi connectivity index (χ1) is 11.0. The summed E-state index contributed by atoms with van der Waals surface area (Å²) in [6.45, 7) is 0.766. The minimum absolute atomic E-state index is 0.766. The second-order valence-electron chi connectivity index (χ2n) is 4.67. The van der Waals surface area contributed by atoms with E-state index >= 15 is 0 Å². The van der Waals surface area contributed by atoms with Gasteiger partial charge in [-0.1, -0.05) is 6.92 Å². The Morgan fingerprint density at radius 2 is 1.00 bits per heavy atom. The van der Waals surface area contributed by atoms with E-state index in [4.69, 9.17) is 0 Å². The van der Waals surface area contributed by atoms with Gasteiger partial charge in [-0.05, 0) is 0 Å². The normalized spacial score (nSPS) is 16.4. The number of hydrogen-bond donors (Lipinski definition) is 0. The van der Waals surface area contributed by atoms with E-state index in [9.17, 15) is 65.5 Å². The third-order valence-corrected chi connectivity index (χ3v) is 4.20. The molecule has 0 aromatic heterocycles. The minimum Gasteiger partial charge on any atom is -0.224 e. The molecule has 16 heteroatoms. The van der Waals surface area contributed by atoms with Gasteiger partial charge in [-0.3, -0.25) is 0 Å². The zero-order valence-corrected chi connectivity index (χ0v) is 12.8. The van der Waals surface area contributed by atoms with Crippen LogP contribution in [0.3, 0.4) is 0 Å². The molecule has 0 rings (SSSR count). The number of alkyl halides is 13. The van der Waals surface area contributed by atoms with Crippen LogP contribution in [0.25, 0.3) is 0 Å². The van der Waals surface area contributed by atoms with E-state index in [-0.39, 0.29) is 0 Å². The van der Waals surface area contributed by atoms with E-state index in [1.165, 1.54) is 0 Å². The summed E-state index contributed by atoms with van der Waals surface area (Å²) in [7, 11) is -4.70. The van der Waals surface area contributed by atoms with Crippen LogP contribution < -0.4 is 0 Å². The Labute approximate surface area is 136 Å². The number of hydrogen-bond acceptors (Lipinski definition) is 2. The Hall–Kier alpha value is -1.22. The molecule has 0 aromatic carbocycles. The second kappa shape index (κ2) is 6.44. The van der Waals surface area contributed by atoms with Crippen LogP contribution in [-0.2, 0) is 9.84 Å². The van der Waals surface area contributed by atoms with Gasteiger partial charge in [0.2, 0.25) is 0 Å². The van der Waals surface area contributed by atoms with Gasteiger partial charge in [-0.2, -0.15) is 57.1 Å². The Morgan fingerprint density at radius 1 is 0.654 bits per heavy atom. The molecule has 0 N–H and O–H groups in total. The maximum atomic E-state index is 13.1. The van der Waals surface area contributed by atoms with Crippen LogP contribution in [0.15, 0.2) is 11.5 Å². The predicted molar refractivity (Wildman–Crippen MR) is 59.4 cm³/mol. The van der Waals surface area contributed by atoms with Crippen molar-refractivity contribution in [2.24, 2.45) is 0 Å². The molecule has 0 atom stereocenters.